The van der Waals surface area contributed by atoms with Gasteiger partial charge in [0.15, 0.2) is 11.6 Å². The molecule has 14 heavy (non-hydrogen) atoms. The fourth-order valence-electron chi connectivity index (χ4n) is 1.14. The topological polar surface area (TPSA) is 26.0 Å². The van der Waals surface area contributed by atoms with Crippen LogP contribution in [0.3, 0.4) is 0 Å². The summed E-state index contributed by atoms with van der Waals surface area (Å²) in [6.07, 6.45) is 0.332. The molecule has 0 spiro atoms. The second-order valence-corrected chi connectivity index (χ2v) is 3.69. The first-order valence-corrected chi connectivity index (χ1v) is 4.65. The third-order valence-corrected chi connectivity index (χ3v) is 2.45. The lowest BCUT2D eigenvalue weighted by atomic mass is 10.0. The number of nitrogens with two attached hydrogens (primary N) is 1. The maximum atomic E-state index is 13.2. The third kappa shape index (κ3) is 2.48. The van der Waals surface area contributed by atoms with Crippen molar-refractivity contribution in [2.45, 2.75) is 13.3 Å². The molecule has 2 N–H and O–H groups in total. The second kappa shape index (κ2) is 4.46. The van der Waals surface area contributed by atoms with Gasteiger partial charge in [-0.1, -0.05) is 31.3 Å². The smallest absolute Gasteiger partial charge is 0.162 e. The van der Waals surface area contributed by atoms with Gasteiger partial charge in [-0.15, -0.1) is 0 Å². The van der Waals surface area contributed by atoms with Crippen LogP contribution in [0.2, 0.25) is 0 Å². The van der Waals surface area contributed by atoms with Crippen LogP contribution in [0.5, 0.6) is 0 Å². The Labute approximate surface area is 86.9 Å². The Hall–Kier alpha value is -1.03. The van der Waals surface area contributed by atoms with E-state index < -0.39 is 11.6 Å². The van der Waals surface area contributed by atoms with E-state index in [0.717, 1.165) is 6.07 Å². The number of hydrogen-bond acceptors (Lipinski definition) is 1. The minimum atomic E-state index is -0.836. The summed E-state index contributed by atoms with van der Waals surface area (Å²) in [6.45, 7) is 1.78. The standard InChI is InChI=1S/C10H11F2NS/c1-6(10(13)14)5-7-3-2-4-8(11)9(7)12/h2-4,6H,5H2,1H3,(H2,13,14). The predicted molar refractivity (Wildman–Crippen MR) is 56.0 cm³/mol. The van der Waals surface area contributed by atoms with Gasteiger partial charge >= 0.3 is 0 Å². The molecule has 0 aliphatic heterocycles. The minimum Gasteiger partial charge on any atom is -0.393 e. The minimum absolute atomic E-state index is 0.124. The molecule has 0 radical (unpaired) electrons. The molecule has 0 aliphatic rings. The van der Waals surface area contributed by atoms with E-state index in [1.165, 1.54) is 12.1 Å². The van der Waals surface area contributed by atoms with Crippen molar-refractivity contribution in [3.8, 4) is 0 Å². The van der Waals surface area contributed by atoms with Crippen molar-refractivity contribution in [2.75, 3.05) is 0 Å². The van der Waals surface area contributed by atoms with Crippen LogP contribution in [0, 0.1) is 17.6 Å². The summed E-state index contributed by atoms with van der Waals surface area (Å²) >= 11 is 4.76. The summed E-state index contributed by atoms with van der Waals surface area (Å²) in [5.74, 6) is -1.77. The van der Waals surface area contributed by atoms with Gasteiger partial charge in [0.05, 0.1) is 4.99 Å². The van der Waals surface area contributed by atoms with E-state index in [1.54, 1.807) is 6.92 Å². The van der Waals surface area contributed by atoms with Crippen LogP contribution < -0.4 is 5.73 Å². The highest BCUT2D eigenvalue weighted by Gasteiger charge is 2.12. The zero-order valence-corrected chi connectivity index (χ0v) is 8.57. The van der Waals surface area contributed by atoms with Crippen molar-refractivity contribution in [2.24, 2.45) is 11.7 Å². The number of thiocarbonyl (C=S) groups is 1. The fraction of sp³-hybridized carbons (Fsp3) is 0.300. The monoisotopic (exact) mass is 215 g/mol. The summed E-state index contributed by atoms with van der Waals surface area (Å²) in [5, 5.41) is 0. The average Bonchev–Trinajstić information content (AvgIpc) is 2.12. The molecule has 76 valence electrons. The first-order valence-electron chi connectivity index (χ1n) is 4.24. The Balaban J connectivity index is 2.87. The molecule has 4 heteroatoms. The summed E-state index contributed by atoms with van der Waals surface area (Å²) in [5.41, 5.74) is 5.70. The Morgan fingerprint density at radius 1 is 1.50 bits per heavy atom. The molecule has 0 amide bonds. The van der Waals surface area contributed by atoms with Crippen molar-refractivity contribution in [1.82, 2.24) is 0 Å². The van der Waals surface area contributed by atoms with Gasteiger partial charge in [0, 0.05) is 5.92 Å². The quantitative estimate of drug-likeness (QED) is 0.784. The molecule has 1 unspecified atom stereocenters. The molecule has 0 bridgehead atoms. The van der Waals surface area contributed by atoms with Crippen molar-refractivity contribution in [1.29, 1.82) is 0 Å². The number of halogens is 2. The molecule has 0 saturated heterocycles. The maximum Gasteiger partial charge on any atom is 0.162 e. The highest BCUT2D eigenvalue weighted by Crippen LogP contribution is 2.15. The zero-order chi connectivity index (χ0) is 10.7. The summed E-state index contributed by atoms with van der Waals surface area (Å²) in [6, 6.07) is 4.09. The van der Waals surface area contributed by atoms with E-state index >= 15 is 0 Å². The van der Waals surface area contributed by atoms with Crippen LogP contribution in [0.15, 0.2) is 18.2 Å². The second-order valence-electron chi connectivity index (χ2n) is 3.22. The zero-order valence-electron chi connectivity index (χ0n) is 7.76. The van der Waals surface area contributed by atoms with Gasteiger partial charge in [-0.2, -0.15) is 0 Å². The first-order chi connectivity index (χ1) is 6.52. The molecule has 1 aromatic carbocycles. The lowest BCUT2D eigenvalue weighted by Gasteiger charge is -2.10. The van der Waals surface area contributed by atoms with Crippen molar-refractivity contribution < 1.29 is 8.78 Å². The van der Waals surface area contributed by atoms with Crippen LogP contribution in [0.4, 0.5) is 8.78 Å². The van der Waals surface area contributed by atoms with Gasteiger partial charge in [0.25, 0.3) is 0 Å². The van der Waals surface area contributed by atoms with Gasteiger partial charge in [0.2, 0.25) is 0 Å². The van der Waals surface area contributed by atoms with Crippen LogP contribution >= 0.6 is 12.2 Å². The molecule has 0 aromatic heterocycles. The molecular weight excluding hydrogens is 204 g/mol. The Bertz CT molecular complexity index is 352. The lowest BCUT2D eigenvalue weighted by Crippen LogP contribution is -2.20. The highest BCUT2D eigenvalue weighted by molar-refractivity contribution is 7.80. The van der Waals surface area contributed by atoms with Crippen LogP contribution in [-0.2, 0) is 6.42 Å². The Morgan fingerprint density at radius 2 is 2.14 bits per heavy atom. The third-order valence-electron chi connectivity index (χ3n) is 2.04. The van der Waals surface area contributed by atoms with Gasteiger partial charge in [-0.05, 0) is 18.1 Å². The number of benzene rings is 1. The van der Waals surface area contributed by atoms with Gasteiger partial charge in [-0.3, -0.25) is 0 Å². The first kappa shape index (κ1) is 11.0. The van der Waals surface area contributed by atoms with Crippen LogP contribution in [0.1, 0.15) is 12.5 Å². The fourth-order valence-corrected chi connectivity index (χ4v) is 1.22. The van der Waals surface area contributed by atoms with Crippen molar-refractivity contribution in [3.63, 3.8) is 0 Å². The SMILES string of the molecule is CC(Cc1cccc(F)c1F)C(N)=S. The summed E-state index contributed by atoms with van der Waals surface area (Å²) < 4.78 is 26.0. The molecule has 0 fully saturated rings. The molecule has 0 heterocycles. The predicted octanol–water partition coefficient (Wildman–Crippen LogP) is 2.43. The van der Waals surface area contributed by atoms with Crippen molar-refractivity contribution in [3.05, 3.63) is 35.4 Å². The molecule has 0 aliphatic carbocycles. The van der Waals surface area contributed by atoms with E-state index in [9.17, 15) is 8.78 Å². The van der Waals surface area contributed by atoms with Crippen LogP contribution in [0.25, 0.3) is 0 Å². The van der Waals surface area contributed by atoms with E-state index in [2.05, 4.69) is 0 Å². The Morgan fingerprint density at radius 3 is 2.71 bits per heavy atom. The summed E-state index contributed by atoms with van der Waals surface area (Å²) in [4.78, 5) is 0.314. The molecular formula is C10H11F2NS. The highest BCUT2D eigenvalue weighted by atomic mass is 32.1. The normalized spacial score (nSPS) is 12.5. The van der Waals surface area contributed by atoms with E-state index in [0.29, 0.717) is 17.0 Å². The average molecular weight is 215 g/mol. The summed E-state index contributed by atoms with van der Waals surface area (Å²) in [7, 11) is 0. The lowest BCUT2D eigenvalue weighted by molar-refractivity contribution is 0.495. The molecule has 1 nitrogen and oxygen atoms in total. The molecule has 0 saturated carbocycles. The molecule has 1 aromatic rings. The number of hydrogen-bond donors (Lipinski definition) is 1. The van der Waals surface area contributed by atoms with Gasteiger partial charge < -0.3 is 5.73 Å². The molecule has 1 rings (SSSR count). The van der Waals surface area contributed by atoms with E-state index in [1.807, 2.05) is 0 Å². The van der Waals surface area contributed by atoms with Crippen molar-refractivity contribution >= 4 is 17.2 Å². The van der Waals surface area contributed by atoms with Gasteiger partial charge in [-0.25, -0.2) is 8.78 Å². The van der Waals surface area contributed by atoms with E-state index in [4.69, 9.17) is 18.0 Å². The Kier molecular flexibility index (Phi) is 3.52. The number of rotatable bonds is 3. The van der Waals surface area contributed by atoms with Crippen LogP contribution in [-0.4, -0.2) is 4.99 Å². The van der Waals surface area contributed by atoms with E-state index in [-0.39, 0.29) is 5.92 Å². The van der Waals surface area contributed by atoms with Gasteiger partial charge in [0.1, 0.15) is 0 Å². The molecule has 1 atom stereocenters. The maximum absolute atomic E-state index is 13.2. The largest absolute Gasteiger partial charge is 0.393 e.